The number of hydrogen-bond donors (Lipinski definition) is 1. The first-order chi connectivity index (χ1) is 15.7. The fourth-order valence-electron chi connectivity index (χ4n) is 4.11. The smallest absolute Gasteiger partial charge is 0.236 e. The minimum Gasteiger partial charge on any atom is -0.477 e. The van der Waals surface area contributed by atoms with E-state index >= 15 is 0 Å². The summed E-state index contributed by atoms with van der Waals surface area (Å²) in [5, 5.41) is 4.53. The summed E-state index contributed by atoms with van der Waals surface area (Å²) in [4.78, 5) is 19.4. The van der Waals surface area contributed by atoms with Crippen LogP contribution in [0.3, 0.4) is 0 Å². The van der Waals surface area contributed by atoms with Crippen molar-refractivity contribution >= 4 is 49.5 Å². The van der Waals surface area contributed by atoms with E-state index in [-0.39, 0.29) is 0 Å². The van der Waals surface area contributed by atoms with Gasteiger partial charge in [0.2, 0.25) is 11.8 Å². The summed E-state index contributed by atoms with van der Waals surface area (Å²) < 4.78 is 6.97. The molecular formula is C24H27N5OS2. The minimum absolute atomic E-state index is 0.572. The number of fused-ring (bicyclic) bond motifs is 3. The number of aryl methyl sites for hydroxylation is 1. The number of thiophene rings is 1. The van der Waals surface area contributed by atoms with Crippen molar-refractivity contribution < 1.29 is 4.74 Å². The molecule has 0 amide bonds. The van der Waals surface area contributed by atoms with E-state index in [2.05, 4.69) is 53.7 Å². The minimum atomic E-state index is 0.572. The lowest BCUT2D eigenvalue weighted by Crippen LogP contribution is -2.44. The molecule has 6 nitrogen and oxygen atoms in total. The third kappa shape index (κ3) is 3.91. The van der Waals surface area contributed by atoms with E-state index in [0.29, 0.717) is 12.5 Å². The van der Waals surface area contributed by atoms with Gasteiger partial charge in [-0.25, -0.2) is 9.97 Å². The van der Waals surface area contributed by atoms with E-state index in [0.717, 1.165) is 70.2 Å². The van der Waals surface area contributed by atoms with Gasteiger partial charge in [-0.05, 0) is 43.4 Å². The molecule has 1 aromatic carbocycles. The molecule has 4 aromatic rings. The number of pyridine rings is 1. The first-order valence-corrected chi connectivity index (χ1v) is 13.1. The third-order valence-corrected chi connectivity index (χ3v) is 7.58. The van der Waals surface area contributed by atoms with Gasteiger partial charge >= 0.3 is 0 Å². The van der Waals surface area contributed by atoms with Gasteiger partial charge in [-0.3, -0.25) is 0 Å². The maximum atomic E-state index is 5.98. The number of hydrogen-bond acceptors (Lipinski definition) is 8. The summed E-state index contributed by atoms with van der Waals surface area (Å²) in [7, 11) is 0. The molecule has 3 aromatic heterocycles. The molecule has 1 N–H and O–H groups in total. The molecule has 0 bridgehead atoms. The van der Waals surface area contributed by atoms with Crippen LogP contribution in [-0.2, 0) is 6.42 Å². The van der Waals surface area contributed by atoms with Crippen molar-refractivity contribution in [3.05, 3.63) is 35.9 Å². The van der Waals surface area contributed by atoms with E-state index < -0.39 is 0 Å². The second-order valence-electron chi connectivity index (χ2n) is 7.71. The predicted octanol–water partition coefficient (Wildman–Crippen LogP) is 5.00. The molecule has 5 rings (SSSR count). The molecule has 0 aliphatic carbocycles. The van der Waals surface area contributed by atoms with Crippen LogP contribution in [0.1, 0.15) is 19.4 Å². The normalized spacial score (nSPS) is 14.4. The van der Waals surface area contributed by atoms with Crippen LogP contribution in [0.5, 0.6) is 5.88 Å². The van der Waals surface area contributed by atoms with E-state index in [1.165, 1.54) is 10.5 Å². The molecular weight excluding hydrogens is 438 g/mol. The van der Waals surface area contributed by atoms with Gasteiger partial charge in [0, 0.05) is 42.0 Å². The number of rotatable bonds is 6. The summed E-state index contributed by atoms with van der Waals surface area (Å²) in [5.74, 6) is 1.42. The molecule has 0 unspecified atom stereocenters. The largest absolute Gasteiger partial charge is 0.477 e. The fraction of sp³-hybridized carbons (Fsp3) is 0.375. The van der Waals surface area contributed by atoms with Crippen molar-refractivity contribution in [1.82, 2.24) is 20.3 Å². The number of aromatic nitrogens is 3. The zero-order valence-corrected chi connectivity index (χ0v) is 20.3. The average Bonchev–Trinajstić information content (AvgIpc) is 3.23. The number of nitrogens with zero attached hydrogens (tertiary/aromatic N) is 4. The van der Waals surface area contributed by atoms with Crippen LogP contribution in [-0.4, -0.2) is 54.0 Å². The Morgan fingerprint density at radius 3 is 2.56 bits per heavy atom. The third-order valence-electron chi connectivity index (χ3n) is 5.77. The number of ether oxygens (including phenoxy) is 1. The first-order valence-electron chi connectivity index (χ1n) is 11.1. The van der Waals surface area contributed by atoms with Gasteiger partial charge in [-0.2, -0.15) is 4.98 Å². The summed E-state index contributed by atoms with van der Waals surface area (Å²) in [6.07, 6.45) is 3.01. The quantitative estimate of drug-likeness (QED) is 0.402. The predicted molar refractivity (Wildman–Crippen MR) is 136 cm³/mol. The highest BCUT2D eigenvalue weighted by atomic mass is 32.2. The highest BCUT2D eigenvalue weighted by Gasteiger charge is 2.22. The van der Waals surface area contributed by atoms with Gasteiger partial charge in [-0.1, -0.05) is 19.1 Å². The molecule has 1 saturated heterocycles. The van der Waals surface area contributed by atoms with E-state index in [1.54, 1.807) is 23.1 Å². The molecule has 0 saturated carbocycles. The Hall–Kier alpha value is -2.42. The molecule has 1 aliphatic heterocycles. The van der Waals surface area contributed by atoms with Crippen molar-refractivity contribution in [2.75, 3.05) is 43.9 Å². The van der Waals surface area contributed by atoms with Crippen molar-refractivity contribution in [2.24, 2.45) is 0 Å². The number of nitrogens with one attached hydrogen (secondary N) is 1. The van der Waals surface area contributed by atoms with Gasteiger partial charge in [0.05, 0.1) is 12.3 Å². The summed E-state index contributed by atoms with van der Waals surface area (Å²) in [6.45, 7) is 8.44. The van der Waals surface area contributed by atoms with Gasteiger partial charge in [0.15, 0.2) is 0 Å². The Bertz CT molecular complexity index is 1250. The number of benzene rings is 1. The SMILES string of the molecule is CCOc1nc(N2CCNCC2)nc2c1sc1nc(-c3ccc(SC)cc3)cc(CC)c12. The van der Waals surface area contributed by atoms with Gasteiger partial charge in [-0.15, -0.1) is 23.1 Å². The van der Waals surface area contributed by atoms with Crippen LogP contribution >= 0.6 is 23.1 Å². The summed E-state index contributed by atoms with van der Waals surface area (Å²) in [5.41, 5.74) is 4.36. The zero-order chi connectivity index (χ0) is 22.1. The summed E-state index contributed by atoms with van der Waals surface area (Å²) in [6, 6.07) is 10.8. The number of thioether (sulfide) groups is 1. The Labute approximate surface area is 196 Å². The van der Waals surface area contributed by atoms with Gasteiger partial charge in [0.25, 0.3) is 0 Å². The van der Waals surface area contributed by atoms with E-state index in [1.807, 2.05) is 6.92 Å². The van der Waals surface area contributed by atoms with Crippen LogP contribution in [0.4, 0.5) is 5.95 Å². The monoisotopic (exact) mass is 465 g/mol. The maximum Gasteiger partial charge on any atom is 0.236 e. The molecule has 166 valence electrons. The maximum absolute atomic E-state index is 5.98. The molecule has 4 heterocycles. The van der Waals surface area contributed by atoms with Crippen LogP contribution < -0.4 is 15.0 Å². The average molecular weight is 466 g/mol. The molecule has 0 atom stereocenters. The molecule has 0 radical (unpaired) electrons. The van der Waals surface area contributed by atoms with E-state index in [9.17, 15) is 0 Å². The molecule has 8 heteroatoms. The second-order valence-corrected chi connectivity index (χ2v) is 9.59. The Morgan fingerprint density at radius 2 is 1.88 bits per heavy atom. The van der Waals surface area contributed by atoms with Crippen LogP contribution in [0.15, 0.2) is 35.2 Å². The molecule has 0 spiro atoms. The Morgan fingerprint density at radius 1 is 1.09 bits per heavy atom. The number of anilines is 1. The second kappa shape index (κ2) is 9.21. The highest BCUT2D eigenvalue weighted by Crippen LogP contribution is 2.41. The molecule has 32 heavy (non-hydrogen) atoms. The van der Waals surface area contributed by atoms with E-state index in [4.69, 9.17) is 19.7 Å². The van der Waals surface area contributed by atoms with Crippen molar-refractivity contribution in [3.8, 4) is 17.1 Å². The van der Waals surface area contributed by atoms with Crippen LogP contribution in [0.2, 0.25) is 0 Å². The first kappa shape index (κ1) is 21.4. The van der Waals surface area contributed by atoms with Crippen molar-refractivity contribution in [2.45, 2.75) is 25.2 Å². The fourth-order valence-corrected chi connectivity index (χ4v) is 5.62. The molecule has 1 fully saturated rings. The van der Waals surface area contributed by atoms with Gasteiger partial charge in [0.1, 0.15) is 15.0 Å². The lowest BCUT2D eigenvalue weighted by Gasteiger charge is -2.27. The Balaban J connectivity index is 1.70. The van der Waals surface area contributed by atoms with Crippen LogP contribution in [0.25, 0.3) is 31.7 Å². The zero-order valence-electron chi connectivity index (χ0n) is 18.6. The topological polar surface area (TPSA) is 63.2 Å². The standard InChI is InChI=1S/C24H27N5OS2/c1-4-15-14-18(16-6-8-17(31-3)9-7-16)26-23-19(15)20-21(32-23)22(30-5-2)28-24(27-20)29-12-10-25-11-13-29/h6-9,14,25H,4-5,10-13H2,1-3H3. The Kier molecular flexibility index (Phi) is 6.17. The lowest BCUT2D eigenvalue weighted by atomic mass is 10.0. The van der Waals surface area contributed by atoms with Gasteiger partial charge < -0.3 is 15.0 Å². The highest BCUT2D eigenvalue weighted by molar-refractivity contribution is 7.98. The molecule has 1 aliphatic rings. The lowest BCUT2D eigenvalue weighted by molar-refractivity contribution is 0.331. The summed E-state index contributed by atoms with van der Waals surface area (Å²) >= 11 is 3.38. The van der Waals surface area contributed by atoms with Crippen molar-refractivity contribution in [1.29, 1.82) is 0 Å². The van der Waals surface area contributed by atoms with Crippen molar-refractivity contribution in [3.63, 3.8) is 0 Å². The number of piperazine rings is 1. The van der Waals surface area contributed by atoms with Crippen LogP contribution in [0, 0.1) is 0 Å².